The van der Waals surface area contributed by atoms with Crippen LogP contribution in [-0.2, 0) is 0 Å². The molecule has 1 heterocycles. The summed E-state index contributed by atoms with van der Waals surface area (Å²) in [5, 5.41) is 11.8. The van der Waals surface area contributed by atoms with Crippen LogP contribution in [-0.4, -0.2) is 29.1 Å². The highest BCUT2D eigenvalue weighted by Gasteiger charge is 2.13. The van der Waals surface area contributed by atoms with E-state index in [4.69, 9.17) is 21.4 Å². The molecule has 1 aromatic heterocycles. The molecule has 1 aromatic carbocycles. The number of hydrogen-bond acceptors (Lipinski definition) is 4. The fraction of sp³-hybridized carbons (Fsp3) is 0.0714. The number of carbonyl (C=O) groups excluding carboxylic acids is 1. The van der Waals surface area contributed by atoms with Crippen molar-refractivity contribution in [3.63, 3.8) is 0 Å². The van der Waals surface area contributed by atoms with Gasteiger partial charge in [0.1, 0.15) is 10.9 Å². The first-order chi connectivity index (χ1) is 10.0. The van der Waals surface area contributed by atoms with E-state index < -0.39 is 11.9 Å². The highest BCUT2D eigenvalue weighted by atomic mass is 35.5. The van der Waals surface area contributed by atoms with E-state index in [1.807, 2.05) is 0 Å². The van der Waals surface area contributed by atoms with Crippen molar-refractivity contribution in [1.29, 1.82) is 0 Å². The lowest BCUT2D eigenvalue weighted by Gasteiger charge is -2.11. The van der Waals surface area contributed by atoms with Crippen molar-refractivity contribution in [3.05, 3.63) is 52.8 Å². The number of benzene rings is 1. The van der Waals surface area contributed by atoms with Crippen LogP contribution in [0.25, 0.3) is 0 Å². The van der Waals surface area contributed by atoms with Crippen molar-refractivity contribution in [3.8, 4) is 5.75 Å². The Hall–Kier alpha value is -2.60. The smallest absolute Gasteiger partial charge is 0.335 e. The Balaban J connectivity index is 2.31. The average Bonchev–Trinajstić information content (AvgIpc) is 2.47. The van der Waals surface area contributed by atoms with Crippen LogP contribution in [0.2, 0.25) is 5.15 Å². The zero-order chi connectivity index (χ0) is 15.4. The largest absolute Gasteiger partial charge is 0.495 e. The summed E-state index contributed by atoms with van der Waals surface area (Å²) in [4.78, 5) is 26.9. The first-order valence-corrected chi connectivity index (χ1v) is 6.23. The van der Waals surface area contributed by atoms with Gasteiger partial charge in [-0.3, -0.25) is 4.79 Å². The Morgan fingerprint density at radius 1 is 1.24 bits per heavy atom. The van der Waals surface area contributed by atoms with Gasteiger partial charge in [0, 0.05) is 11.8 Å². The standard InChI is InChI=1S/C14H11ClN2O4/c1-21-11-3-2-9(14(19)20)6-10(11)17-13(18)8-4-5-16-12(15)7-8/h2-7H,1H3,(H,17,18)(H,19,20). The highest BCUT2D eigenvalue weighted by Crippen LogP contribution is 2.26. The quantitative estimate of drug-likeness (QED) is 0.848. The third-order valence-electron chi connectivity index (χ3n) is 2.68. The summed E-state index contributed by atoms with van der Waals surface area (Å²) in [6.07, 6.45) is 1.40. The topological polar surface area (TPSA) is 88.5 Å². The van der Waals surface area contributed by atoms with Crippen molar-refractivity contribution < 1.29 is 19.4 Å². The van der Waals surface area contributed by atoms with Gasteiger partial charge in [0.05, 0.1) is 18.4 Å². The van der Waals surface area contributed by atoms with Crippen molar-refractivity contribution in [1.82, 2.24) is 4.98 Å². The number of aromatic nitrogens is 1. The van der Waals surface area contributed by atoms with E-state index in [1.54, 1.807) is 0 Å². The summed E-state index contributed by atoms with van der Waals surface area (Å²) in [5.41, 5.74) is 0.604. The van der Waals surface area contributed by atoms with Crippen LogP contribution in [0.15, 0.2) is 36.5 Å². The van der Waals surface area contributed by atoms with Gasteiger partial charge in [-0.2, -0.15) is 0 Å². The number of carboxylic acids is 1. The molecule has 2 rings (SSSR count). The molecule has 0 aliphatic rings. The third kappa shape index (κ3) is 3.49. The number of halogens is 1. The molecule has 108 valence electrons. The number of hydrogen-bond donors (Lipinski definition) is 2. The van der Waals surface area contributed by atoms with E-state index in [0.717, 1.165) is 0 Å². The Morgan fingerprint density at radius 2 is 2.00 bits per heavy atom. The van der Waals surface area contributed by atoms with Gasteiger partial charge in [-0.25, -0.2) is 9.78 Å². The molecule has 2 aromatic rings. The first kappa shape index (κ1) is 14.8. The van der Waals surface area contributed by atoms with Crippen LogP contribution in [0.1, 0.15) is 20.7 Å². The maximum atomic E-state index is 12.1. The maximum Gasteiger partial charge on any atom is 0.335 e. The molecule has 0 bridgehead atoms. The number of nitrogens with zero attached hydrogens (tertiary/aromatic N) is 1. The number of nitrogens with one attached hydrogen (secondary N) is 1. The Kier molecular flexibility index (Phi) is 4.39. The number of aromatic carboxylic acids is 1. The maximum absolute atomic E-state index is 12.1. The van der Waals surface area contributed by atoms with Gasteiger partial charge in [-0.1, -0.05) is 11.6 Å². The number of carboxylic acid groups (broad SMARTS) is 1. The molecule has 0 aliphatic heterocycles. The predicted octanol–water partition coefficient (Wildman–Crippen LogP) is 2.69. The van der Waals surface area contributed by atoms with E-state index in [0.29, 0.717) is 11.3 Å². The first-order valence-electron chi connectivity index (χ1n) is 5.85. The second-order valence-electron chi connectivity index (χ2n) is 4.04. The summed E-state index contributed by atoms with van der Waals surface area (Å²) < 4.78 is 5.09. The molecular formula is C14H11ClN2O4. The third-order valence-corrected chi connectivity index (χ3v) is 2.89. The monoisotopic (exact) mass is 306 g/mol. The van der Waals surface area contributed by atoms with E-state index in [9.17, 15) is 9.59 Å². The fourth-order valence-electron chi connectivity index (χ4n) is 1.68. The molecule has 0 aliphatic carbocycles. The van der Waals surface area contributed by atoms with Crippen molar-refractivity contribution >= 4 is 29.2 Å². The summed E-state index contributed by atoms with van der Waals surface area (Å²) >= 11 is 5.72. The van der Waals surface area contributed by atoms with Crippen LogP contribution >= 0.6 is 11.6 Å². The molecule has 0 radical (unpaired) electrons. The zero-order valence-corrected chi connectivity index (χ0v) is 11.7. The molecule has 2 N–H and O–H groups in total. The number of carbonyl (C=O) groups is 2. The van der Waals surface area contributed by atoms with Gasteiger partial charge in [0.25, 0.3) is 5.91 Å². The minimum absolute atomic E-state index is 0.0406. The number of ether oxygens (including phenoxy) is 1. The van der Waals surface area contributed by atoms with Gasteiger partial charge in [0.15, 0.2) is 0 Å². The Labute approximate surface area is 125 Å². The molecule has 6 nitrogen and oxygen atoms in total. The molecule has 21 heavy (non-hydrogen) atoms. The van der Waals surface area contributed by atoms with Crippen LogP contribution in [0.5, 0.6) is 5.75 Å². The van der Waals surface area contributed by atoms with Gasteiger partial charge in [-0.05, 0) is 30.3 Å². The van der Waals surface area contributed by atoms with Gasteiger partial charge >= 0.3 is 5.97 Å². The number of pyridine rings is 1. The number of rotatable bonds is 4. The van der Waals surface area contributed by atoms with Crippen LogP contribution in [0.3, 0.4) is 0 Å². The zero-order valence-electron chi connectivity index (χ0n) is 11.0. The number of anilines is 1. The van der Waals surface area contributed by atoms with E-state index in [1.165, 1.54) is 43.6 Å². The molecule has 1 amide bonds. The van der Waals surface area contributed by atoms with Gasteiger partial charge in [0.2, 0.25) is 0 Å². The molecule has 0 atom stereocenters. The summed E-state index contributed by atoms with van der Waals surface area (Å²) in [6.45, 7) is 0. The number of amides is 1. The minimum Gasteiger partial charge on any atom is -0.495 e. The summed E-state index contributed by atoms with van der Waals surface area (Å²) in [6, 6.07) is 7.08. The van der Waals surface area contributed by atoms with Crippen molar-refractivity contribution in [2.45, 2.75) is 0 Å². The predicted molar refractivity (Wildman–Crippen MR) is 77.2 cm³/mol. The van der Waals surface area contributed by atoms with Crippen molar-refractivity contribution in [2.24, 2.45) is 0 Å². The molecule has 0 unspecified atom stereocenters. The highest BCUT2D eigenvalue weighted by molar-refractivity contribution is 6.29. The molecule has 0 fully saturated rings. The van der Waals surface area contributed by atoms with Crippen molar-refractivity contribution in [2.75, 3.05) is 12.4 Å². The van der Waals surface area contributed by atoms with E-state index >= 15 is 0 Å². The average molecular weight is 307 g/mol. The minimum atomic E-state index is -1.10. The summed E-state index contributed by atoms with van der Waals surface area (Å²) in [7, 11) is 1.43. The lowest BCUT2D eigenvalue weighted by molar-refractivity contribution is 0.0696. The van der Waals surface area contributed by atoms with Gasteiger partial charge < -0.3 is 15.2 Å². The van der Waals surface area contributed by atoms with Crippen LogP contribution in [0, 0.1) is 0 Å². The van der Waals surface area contributed by atoms with E-state index in [2.05, 4.69) is 10.3 Å². The second-order valence-corrected chi connectivity index (χ2v) is 4.43. The normalized spacial score (nSPS) is 10.0. The van der Waals surface area contributed by atoms with Crippen LogP contribution in [0.4, 0.5) is 5.69 Å². The number of methoxy groups -OCH3 is 1. The molecule has 0 saturated carbocycles. The van der Waals surface area contributed by atoms with E-state index in [-0.39, 0.29) is 16.4 Å². The molecule has 7 heteroatoms. The summed E-state index contributed by atoms with van der Waals surface area (Å²) in [5.74, 6) is -1.19. The van der Waals surface area contributed by atoms with Crippen LogP contribution < -0.4 is 10.1 Å². The molecular weight excluding hydrogens is 296 g/mol. The molecule has 0 spiro atoms. The lowest BCUT2D eigenvalue weighted by atomic mass is 10.1. The van der Waals surface area contributed by atoms with Gasteiger partial charge in [-0.15, -0.1) is 0 Å². The Morgan fingerprint density at radius 3 is 2.62 bits per heavy atom. The SMILES string of the molecule is COc1ccc(C(=O)O)cc1NC(=O)c1ccnc(Cl)c1. The molecule has 0 saturated heterocycles. The fourth-order valence-corrected chi connectivity index (χ4v) is 1.85. The lowest BCUT2D eigenvalue weighted by Crippen LogP contribution is -2.13. The Bertz CT molecular complexity index is 703. The second kappa shape index (κ2) is 6.23.